The third-order valence-electron chi connectivity index (χ3n) is 5.47. The zero-order valence-corrected chi connectivity index (χ0v) is 15.2. The molecule has 0 saturated heterocycles. The molecule has 1 fully saturated rings. The van der Waals surface area contributed by atoms with E-state index in [1.807, 2.05) is 18.2 Å². The van der Waals surface area contributed by atoms with Crippen LogP contribution in [0.25, 0.3) is 0 Å². The van der Waals surface area contributed by atoms with E-state index < -0.39 is 11.2 Å². The highest BCUT2D eigenvalue weighted by Crippen LogP contribution is 2.38. The summed E-state index contributed by atoms with van der Waals surface area (Å²) >= 11 is 5.99. The average molecular weight is 363 g/mol. The summed E-state index contributed by atoms with van der Waals surface area (Å²) in [5.41, 5.74) is 0.116. The molecule has 0 bridgehead atoms. The molecule has 0 spiro atoms. The molecule has 1 aromatic carbocycles. The lowest BCUT2D eigenvalue weighted by Gasteiger charge is -2.21. The van der Waals surface area contributed by atoms with Gasteiger partial charge in [0.05, 0.1) is 6.07 Å². The van der Waals surface area contributed by atoms with E-state index in [0.29, 0.717) is 23.9 Å². The minimum absolute atomic E-state index is 0.104. The van der Waals surface area contributed by atoms with Crippen molar-refractivity contribution >= 4 is 11.6 Å². The van der Waals surface area contributed by atoms with Gasteiger partial charge in [0.25, 0.3) is 5.56 Å². The van der Waals surface area contributed by atoms with Crippen molar-refractivity contribution in [3.8, 4) is 5.88 Å². The third-order valence-corrected chi connectivity index (χ3v) is 5.71. The molecule has 5 nitrogen and oxygen atoms in total. The first-order chi connectivity index (χ1) is 11.9. The summed E-state index contributed by atoms with van der Waals surface area (Å²) in [5.74, 6) is 0.452. The van der Waals surface area contributed by atoms with Crippen molar-refractivity contribution in [1.29, 1.82) is 0 Å². The van der Waals surface area contributed by atoms with Gasteiger partial charge in [-0.15, -0.1) is 0 Å². The lowest BCUT2D eigenvalue weighted by atomic mass is 9.98. The van der Waals surface area contributed by atoms with Crippen LogP contribution >= 0.6 is 11.6 Å². The second kappa shape index (κ2) is 7.08. The van der Waals surface area contributed by atoms with Gasteiger partial charge >= 0.3 is 5.69 Å². The van der Waals surface area contributed by atoms with Crippen LogP contribution in [0, 0.1) is 11.8 Å². The maximum Gasteiger partial charge on any atom is 0.334 e. The van der Waals surface area contributed by atoms with Crippen molar-refractivity contribution in [1.82, 2.24) is 9.13 Å². The van der Waals surface area contributed by atoms with Gasteiger partial charge in [-0.05, 0) is 48.8 Å². The lowest BCUT2D eigenvalue weighted by Crippen LogP contribution is -2.42. The monoisotopic (exact) mass is 362 g/mol. The summed E-state index contributed by atoms with van der Waals surface area (Å²) in [6, 6.07) is 8.44. The molecule has 1 saturated carbocycles. The van der Waals surface area contributed by atoms with Crippen LogP contribution < -0.4 is 11.2 Å². The van der Waals surface area contributed by atoms with Gasteiger partial charge in [0.15, 0.2) is 0 Å². The van der Waals surface area contributed by atoms with Gasteiger partial charge in [0.2, 0.25) is 5.88 Å². The Morgan fingerprint density at radius 2 is 1.96 bits per heavy atom. The van der Waals surface area contributed by atoms with Gasteiger partial charge in [-0.25, -0.2) is 4.79 Å². The first-order valence-electron chi connectivity index (χ1n) is 8.68. The normalized spacial score (nSPS) is 23.1. The van der Waals surface area contributed by atoms with Gasteiger partial charge in [-0.2, -0.15) is 0 Å². The third kappa shape index (κ3) is 3.52. The molecule has 0 amide bonds. The molecule has 6 heteroatoms. The average Bonchev–Trinajstić information content (AvgIpc) is 2.87. The molecular formula is C19H23ClN2O3. The summed E-state index contributed by atoms with van der Waals surface area (Å²) in [5, 5.41) is 10.7. The SMILES string of the molecule is C[C@@H]1[C@@H](C)CC[C@@H]1n1c(=O)cc(O)n(CCc2cccc(Cl)c2)c1=O. The molecule has 2 aromatic rings. The number of halogens is 1. The van der Waals surface area contributed by atoms with E-state index in [4.69, 9.17) is 11.6 Å². The van der Waals surface area contributed by atoms with Crippen LogP contribution in [0.3, 0.4) is 0 Å². The zero-order valence-electron chi connectivity index (χ0n) is 14.5. The molecule has 0 radical (unpaired) electrons. The fourth-order valence-electron chi connectivity index (χ4n) is 3.73. The minimum Gasteiger partial charge on any atom is -0.494 e. The Morgan fingerprint density at radius 1 is 1.20 bits per heavy atom. The Balaban J connectivity index is 1.93. The molecule has 3 rings (SSSR count). The van der Waals surface area contributed by atoms with Crippen LogP contribution in [-0.4, -0.2) is 14.2 Å². The number of aromatic hydroxyl groups is 1. The van der Waals surface area contributed by atoms with Crippen LogP contribution in [0.15, 0.2) is 39.9 Å². The molecule has 0 unspecified atom stereocenters. The predicted octanol–water partition coefficient (Wildman–Crippen LogP) is 3.22. The second-order valence-electron chi connectivity index (χ2n) is 7.01. The largest absolute Gasteiger partial charge is 0.494 e. The highest BCUT2D eigenvalue weighted by molar-refractivity contribution is 6.30. The van der Waals surface area contributed by atoms with Gasteiger partial charge in [-0.3, -0.25) is 13.9 Å². The summed E-state index contributed by atoms with van der Waals surface area (Å²) in [6.07, 6.45) is 2.36. The maximum atomic E-state index is 12.9. The topological polar surface area (TPSA) is 64.2 Å². The fourth-order valence-corrected chi connectivity index (χ4v) is 3.94. The quantitative estimate of drug-likeness (QED) is 0.908. The molecule has 1 N–H and O–H groups in total. The van der Waals surface area contributed by atoms with E-state index in [1.165, 1.54) is 9.13 Å². The van der Waals surface area contributed by atoms with E-state index in [9.17, 15) is 14.7 Å². The number of rotatable bonds is 4. The van der Waals surface area contributed by atoms with E-state index in [1.54, 1.807) is 6.07 Å². The van der Waals surface area contributed by atoms with Crippen LogP contribution in [-0.2, 0) is 13.0 Å². The van der Waals surface area contributed by atoms with Crippen LogP contribution in [0.4, 0.5) is 0 Å². The molecule has 1 aromatic heterocycles. The molecule has 134 valence electrons. The van der Waals surface area contributed by atoms with Gasteiger partial charge in [0.1, 0.15) is 0 Å². The molecular weight excluding hydrogens is 340 g/mol. The Bertz CT molecular complexity index is 887. The highest BCUT2D eigenvalue weighted by atomic mass is 35.5. The van der Waals surface area contributed by atoms with Gasteiger partial charge in [0, 0.05) is 17.6 Å². The zero-order chi connectivity index (χ0) is 18.1. The van der Waals surface area contributed by atoms with E-state index in [-0.39, 0.29) is 17.8 Å². The van der Waals surface area contributed by atoms with Crippen LogP contribution in [0.2, 0.25) is 5.02 Å². The number of benzene rings is 1. The second-order valence-corrected chi connectivity index (χ2v) is 7.44. The highest BCUT2D eigenvalue weighted by Gasteiger charge is 2.33. The molecule has 25 heavy (non-hydrogen) atoms. The lowest BCUT2D eigenvalue weighted by molar-refractivity contribution is 0.317. The molecule has 3 atom stereocenters. The summed E-state index contributed by atoms with van der Waals surface area (Å²) < 4.78 is 2.60. The maximum absolute atomic E-state index is 12.9. The standard InChI is InChI=1S/C19H23ClN2O3/c1-12-6-7-16(13(12)2)22-18(24)11-17(23)21(19(22)25)9-8-14-4-3-5-15(20)10-14/h3-5,10-13,16,23H,6-9H2,1-2H3/t12-,13+,16-/m0/s1. The summed E-state index contributed by atoms with van der Waals surface area (Å²) in [7, 11) is 0. The van der Waals surface area contributed by atoms with E-state index >= 15 is 0 Å². The van der Waals surface area contributed by atoms with Crippen molar-refractivity contribution in [3.05, 3.63) is 61.8 Å². The number of hydrogen-bond acceptors (Lipinski definition) is 3. The Labute approximate surface area is 151 Å². The first kappa shape index (κ1) is 17.8. The first-order valence-corrected chi connectivity index (χ1v) is 9.06. The van der Waals surface area contributed by atoms with E-state index in [0.717, 1.165) is 24.5 Å². The van der Waals surface area contributed by atoms with Crippen molar-refractivity contribution in [2.24, 2.45) is 11.8 Å². The van der Waals surface area contributed by atoms with Crippen molar-refractivity contribution in [3.63, 3.8) is 0 Å². The number of nitrogens with zero attached hydrogens (tertiary/aromatic N) is 2. The summed E-state index contributed by atoms with van der Waals surface area (Å²) in [6.45, 7) is 4.52. The fraction of sp³-hybridized carbons (Fsp3) is 0.474. The number of aromatic nitrogens is 2. The predicted molar refractivity (Wildman–Crippen MR) is 98.4 cm³/mol. The van der Waals surface area contributed by atoms with Crippen molar-refractivity contribution < 1.29 is 5.11 Å². The molecule has 1 aliphatic carbocycles. The van der Waals surface area contributed by atoms with Crippen molar-refractivity contribution in [2.45, 2.75) is 45.7 Å². The van der Waals surface area contributed by atoms with E-state index in [2.05, 4.69) is 13.8 Å². The van der Waals surface area contributed by atoms with Gasteiger partial charge in [-0.1, -0.05) is 37.6 Å². The smallest absolute Gasteiger partial charge is 0.334 e. The number of aryl methyl sites for hydroxylation is 1. The Hall–Kier alpha value is -2.01. The minimum atomic E-state index is -0.432. The Morgan fingerprint density at radius 3 is 2.60 bits per heavy atom. The summed E-state index contributed by atoms with van der Waals surface area (Å²) in [4.78, 5) is 25.2. The van der Waals surface area contributed by atoms with Gasteiger partial charge < -0.3 is 5.11 Å². The van der Waals surface area contributed by atoms with Crippen LogP contribution in [0.1, 0.15) is 38.3 Å². The Kier molecular flexibility index (Phi) is 5.04. The number of hydrogen-bond donors (Lipinski definition) is 1. The van der Waals surface area contributed by atoms with Crippen LogP contribution in [0.5, 0.6) is 5.88 Å². The molecule has 1 aliphatic rings. The molecule has 1 heterocycles. The van der Waals surface area contributed by atoms with Crippen molar-refractivity contribution in [2.75, 3.05) is 0 Å². The molecule has 0 aliphatic heterocycles.